The standard InChI is InChI=1S/C32H37ClN2O3/c33-27-15-10-14-26(22-27)24-35(31(36)20-11-21-38-29-18-8-3-9-19-29)30(23-25-12-4-1-5-13-25)32(37)34-28-16-6-2-7-17-28/h1,3-5,8-10,12-15,18-19,22,28,30H,2,6-7,11,16-17,20-21,23-24H2,(H,34,37)/t30-/m1/s1. The molecule has 1 saturated carbocycles. The maximum atomic E-state index is 13.8. The molecule has 200 valence electrons. The highest BCUT2D eigenvalue weighted by atomic mass is 35.5. The van der Waals surface area contributed by atoms with E-state index in [0.717, 1.165) is 42.6 Å². The lowest BCUT2D eigenvalue weighted by Gasteiger charge is -2.33. The van der Waals surface area contributed by atoms with Crippen molar-refractivity contribution in [3.63, 3.8) is 0 Å². The van der Waals surface area contributed by atoms with Crippen molar-refractivity contribution in [2.75, 3.05) is 6.61 Å². The summed E-state index contributed by atoms with van der Waals surface area (Å²) in [6.07, 6.45) is 6.74. The minimum absolute atomic E-state index is 0.0682. The van der Waals surface area contributed by atoms with Crippen LogP contribution in [0.5, 0.6) is 5.75 Å². The number of amides is 2. The molecule has 0 aliphatic heterocycles. The van der Waals surface area contributed by atoms with Crippen molar-refractivity contribution < 1.29 is 14.3 Å². The zero-order valence-electron chi connectivity index (χ0n) is 21.9. The predicted molar refractivity (Wildman–Crippen MR) is 152 cm³/mol. The topological polar surface area (TPSA) is 58.6 Å². The summed E-state index contributed by atoms with van der Waals surface area (Å²) < 4.78 is 5.81. The molecule has 0 bridgehead atoms. The van der Waals surface area contributed by atoms with E-state index in [2.05, 4.69) is 5.32 Å². The second-order valence-electron chi connectivity index (χ2n) is 9.97. The first-order chi connectivity index (χ1) is 18.6. The zero-order valence-corrected chi connectivity index (χ0v) is 22.6. The molecule has 5 nitrogen and oxygen atoms in total. The third-order valence-electron chi connectivity index (χ3n) is 7.01. The SMILES string of the molecule is O=C(NC1CCCCC1)[C@@H](Cc1ccccc1)N(Cc1cccc(Cl)c1)C(=O)CCCOc1ccccc1. The van der Waals surface area contributed by atoms with E-state index in [0.29, 0.717) is 31.0 Å². The summed E-state index contributed by atoms with van der Waals surface area (Å²) in [4.78, 5) is 29.2. The first-order valence-corrected chi connectivity index (χ1v) is 14.0. The minimum Gasteiger partial charge on any atom is -0.494 e. The van der Waals surface area contributed by atoms with E-state index in [1.807, 2.05) is 84.9 Å². The third kappa shape index (κ3) is 8.63. The number of carbonyl (C=O) groups is 2. The molecule has 2 amide bonds. The van der Waals surface area contributed by atoms with Crippen LogP contribution < -0.4 is 10.1 Å². The molecule has 38 heavy (non-hydrogen) atoms. The summed E-state index contributed by atoms with van der Waals surface area (Å²) in [5, 5.41) is 3.89. The van der Waals surface area contributed by atoms with Gasteiger partial charge in [-0.05, 0) is 54.7 Å². The van der Waals surface area contributed by atoms with E-state index in [-0.39, 0.29) is 24.3 Å². The van der Waals surface area contributed by atoms with Gasteiger partial charge in [0, 0.05) is 30.5 Å². The largest absolute Gasteiger partial charge is 0.494 e. The summed E-state index contributed by atoms with van der Waals surface area (Å²) in [5.74, 6) is 0.627. The first-order valence-electron chi connectivity index (χ1n) is 13.6. The van der Waals surface area contributed by atoms with E-state index in [4.69, 9.17) is 16.3 Å². The molecular weight excluding hydrogens is 496 g/mol. The number of carbonyl (C=O) groups excluding carboxylic acids is 2. The van der Waals surface area contributed by atoms with Crippen molar-refractivity contribution in [2.24, 2.45) is 0 Å². The van der Waals surface area contributed by atoms with Gasteiger partial charge in [-0.25, -0.2) is 0 Å². The molecule has 0 aromatic heterocycles. The van der Waals surface area contributed by atoms with Gasteiger partial charge < -0.3 is 15.0 Å². The second-order valence-corrected chi connectivity index (χ2v) is 10.4. The molecule has 0 heterocycles. The van der Waals surface area contributed by atoms with Crippen molar-refractivity contribution in [1.29, 1.82) is 0 Å². The van der Waals surface area contributed by atoms with Crippen molar-refractivity contribution in [3.8, 4) is 5.75 Å². The number of para-hydroxylation sites is 1. The Balaban J connectivity index is 1.52. The molecule has 6 heteroatoms. The molecular formula is C32H37ClN2O3. The molecule has 1 aliphatic carbocycles. The van der Waals surface area contributed by atoms with Crippen LogP contribution in [-0.4, -0.2) is 35.4 Å². The Kier molecular flexibility index (Phi) is 10.6. The minimum atomic E-state index is -0.624. The van der Waals surface area contributed by atoms with Crippen molar-refractivity contribution in [1.82, 2.24) is 10.2 Å². The Bertz CT molecular complexity index is 1150. The summed E-state index contributed by atoms with van der Waals surface area (Å²) in [5.41, 5.74) is 1.92. The highest BCUT2D eigenvalue weighted by Gasteiger charge is 2.31. The lowest BCUT2D eigenvalue weighted by atomic mass is 9.94. The maximum Gasteiger partial charge on any atom is 0.243 e. The number of hydrogen-bond acceptors (Lipinski definition) is 3. The summed E-state index contributed by atoms with van der Waals surface area (Å²) >= 11 is 6.27. The van der Waals surface area contributed by atoms with E-state index in [9.17, 15) is 9.59 Å². The Hall–Kier alpha value is -3.31. The zero-order chi connectivity index (χ0) is 26.6. The lowest BCUT2D eigenvalue weighted by Crippen LogP contribution is -2.52. The Morgan fingerprint density at radius 3 is 2.29 bits per heavy atom. The van der Waals surface area contributed by atoms with Gasteiger partial charge in [0.2, 0.25) is 11.8 Å². The highest BCUT2D eigenvalue weighted by molar-refractivity contribution is 6.30. The second kappa shape index (κ2) is 14.6. The smallest absolute Gasteiger partial charge is 0.243 e. The average Bonchev–Trinajstić information content (AvgIpc) is 2.94. The van der Waals surface area contributed by atoms with Gasteiger partial charge in [-0.15, -0.1) is 0 Å². The van der Waals surface area contributed by atoms with Crippen LogP contribution in [0.1, 0.15) is 56.1 Å². The number of halogens is 1. The van der Waals surface area contributed by atoms with Gasteiger partial charge in [0.25, 0.3) is 0 Å². The third-order valence-corrected chi connectivity index (χ3v) is 7.25. The summed E-state index contributed by atoms with van der Waals surface area (Å²) in [6, 6.07) is 26.5. The number of benzene rings is 3. The predicted octanol–water partition coefficient (Wildman–Crippen LogP) is 6.59. The quantitative estimate of drug-likeness (QED) is 0.268. The fraction of sp³-hybridized carbons (Fsp3) is 0.375. The van der Waals surface area contributed by atoms with E-state index < -0.39 is 6.04 Å². The van der Waals surface area contributed by atoms with Gasteiger partial charge in [0.15, 0.2) is 0 Å². The van der Waals surface area contributed by atoms with E-state index in [1.165, 1.54) is 6.42 Å². The number of nitrogens with one attached hydrogen (secondary N) is 1. The van der Waals surface area contributed by atoms with Crippen molar-refractivity contribution in [3.05, 3.63) is 101 Å². The van der Waals surface area contributed by atoms with Gasteiger partial charge in [-0.3, -0.25) is 9.59 Å². The maximum absolute atomic E-state index is 13.8. The average molecular weight is 533 g/mol. The van der Waals surface area contributed by atoms with Gasteiger partial charge in [0.05, 0.1) is 6.61 Å². The van der Waals surface area contributed by atoms with Crippen LogP contribution in [0.15, 0.2) is 84.9 Å². The molecule has 1 atom stereocenters. The number of hydrogen-bond donors (Lipinski definition) is 1. The fourth-order valence-electron chi connectivity index (χ4n) is 5.00. The van der Waals surface area contributed by atoms with E-state index >= 15 is 0 Å². The molecule has 1 N–H and O–H groups in total. The molecule has 1 aliphatic rings. The van der Waals surface area contributed by atoms with E-state index in [1.54, 1.807) is 4.90 Å². The molecule has 0 radical (unpaired) electrons. The molecule has 3 aromatic rings. The van der Waals surface area contributed by atoms with Crippen LogP contribution in [0, 0.1) is 0 Å². The normalized spacial score (nSPS) is 14.4. The molecule has 1 fully saturated rings. The summed E-state index contributed by atoms with van der Waals surface area (Å²) in [6.45, 7) is 0.743. The van der Waals surface area contributed by atoms with Crippen molar-refractivity contribution >= 4 is 23.4 Å². The van der Waals surface area contributed by atoms with Crippen LogP contribution in [-0.2, 0) is 22.6 Å². The van der Waals surface area contributed by atoms with Crippen LogP contribution in [0.25, 0.3) is 0 Å². The summed E-state index contributed by atoms with van der Waals surface area (Å²) in [7, 11) is 0. The van der Waals surface area contributed by atoms with Crippen molar-refractivity contribution in [2.45, 2.75) is 70.0 Å². The Morgan fingerprint density at radius 1 is 0.895 bits per heavy atom. The number of rotatable bonds is 12. The molecule has 0 unspecified atom stereocenters. The Morgan fingerprint density at radius 2 is 1.58 bits per heavy atom. The first kappa shape index (κ1) is 27.7. The number of ether oxygens (including phenoxy) is 1. The van der Waals surface area contributed by atoms with Gasteiger partial charge in [0.1, 0.15) is 11.8 Å². The fourth-order valence-corrected chi connectivity index (χ4v) is 5.22. The molecule has 4 rings (SSSR count). The van der Waals surface area contributed by atoms with Gasteiger partial charge >= 0.3 is 0 Å². The van der Waals surface area contributed by atoms with Gasteiger partial charge in [-0.1, -0.05) is 91.5 Å². The van der Waals surface area contributed by atoms with Gasteiger partial charge in [-0.2, -0.15) is 0 Å². The number of nitrogens with zero attached hydrogens (tertiary/aromatic N) is 1. The molecule has 0 saturated heterocycles. The molecule has 3 aromatic carbocycles. The monoisotopic (exact) mass is 532 g/mol. The van der Waals surface area contributed by atoms with Crippen LogP contribution in [0.3, 0.4) is 0 Å². The lowest BCUT2D eigenvalue weighted by molar-refractivity contribution is -0.141. The molecule has 0 spiro atoms. The highest BCUT2D eigenvalue weighted by Crippen LogP contribution is 2.21. The van der Waals surface area contributed by atoms with Crippen LogP contribution in [0.4, 0.5) is 0 Å². The van der Waals surface area contributed by atoms with Crippen LogP contribution >= 0.6 is 11.6 Å². The Labute approximate surface area is 231 Å². The van der Waals surface area contributed by atoms with Crippen LogP contribution in [0.2, 0.25) is 5.02 Å².